The van der Waals surface area contributed by atoms with Gasteiger partial charge in [-0.15, -0.1) is 0 Å². The molecule has 0 radical (unpaired) electrons. The van der Waals surface area contributed by atoms with Crippen LogP contribution in [0.2, 0.25) is 0 Å². The zero-order chi connectivity index (χ0) is 10.9. The Hall–Kier alpha value is -0.960. The van der Waals surface area contributed by atoms with Crippen molar-refractivity contribution in [2.24, 2.45) is 5.73 Å². The molecule has 1 aromatic rings. The number of nitrogens with two attached hydrogens (primary N) is 1. The molecule has 0 spiro atoms. The first-order valence-corrected chi connectivity index (χ1v) is 5.68. The lowest BCUT2D eigenvalue weighted by atomic mass is 9.82. The van der Waals surface area contributed by atoms with Crippen molar-refractivity contribution in [3.05, 3.63) is 23.3 Å². The SMILES string of the molecule is CC(C)(CN)c1ncnc2c1CCCC2. The van der Waals surface area contributed by atoms with Crippen molar-refractivity contribution in [3.63, 3.8) is 0 Å². The van der Waals surface area contributed by atoms with Crippen molar-refractivity contribution in [2.45, 2.75) is 44.9 Å². The van der Waals surface area contributed by atoms with E-state index in [2.05, 4.69) is 23.8 Å². The molecule has 2 N–H and O–H groups in total. The highest BCUT2D eigenvalue weighted by Gasteiger charge is 2.26. The maximum Gasteiger partial charge on any atom is 0.115 e. The van der Waals surface area contributed by atoms with E-state index in [-0.39, 0.29) is 5.41 Å². The third kappa shape index (κ3) is 1.88. The Kier molecular flexibility index (Phi) is 2.74. The third-order valence-corrected chi connectivity index (χ3v) is 3.28. The summed E-state index contributed by atoms with van der Waals surface area (Å²) in [4.78, 5) is 8.82. The summed E-state index contributed by atoms with van der Waals surface area (Å²) >= 11 is 0. The maximum absolute atomic E-state index is 5.81. The molecule has 3 nitrogen and oxygen atoms in total. The summed E-state index contributed by atoms with van der Waals surface area (Å²) < 4.78 is 0. The van der Waals surface area contributed by atoms with Crippen LogP contribution in [0.1, 0.15) is 43.6 Å². The first-order valence-electron chi connectivity index (χ1n) is 5.68. The van der Waals surface area contributed by atoms with Crippen LogP contribution in [0.15, 0.2) is 6.33 Å². The van der Waals surface area contributed by atoms with Crippen LogP contribution in [0, 0.1) is 0 Å². The van der Waals surface area contributed by atoms with Crippen molar-refractivity contribution in [2.75, 3.05) is 6.54 Å². The average molecular weight is 205 g/mol. The lowest BCUT2D eigenvalue weighted by molar-refractivity contribution is 0.502. The van der Waals surface area contributed by atoms with Crippen molar-refractivity contribution < 1.29 is 0 Å². The summed E-state index contributed by atoms with van der Waals surface area (Å²) in [6.07, 6.45) is 6.43. The van der Waals surface area contributed by atoms with Crippen LogP contribution in [0.3, 0.4) is 0 Å². The number of aryl methyl sites for hydroxylation is 1. The summed E-state index contributed by atoms with van der Waals surface area (Å²) in [6.45, 7) is 4.95. The summed E-state index contributed by atoms with van der Waals surface area (Å²) in [5, 5.41) is 0. The zero-order valence-corrected chi connectivity index (χ0v) is 9.58. The molecule has 0 aromatic carbocycles. The molecule has 0 saturated carbocycles. The molecule has 15 heavy (non-hydrogen) atoms. The van der Waals surface area contributed by atoms with Crippen molar-refractivity contribution in [1.82, 2.24) is 9.97 Å². The van der Waals surface area contributed by atoms with E-state index in [1.165, 1.54) is 24.1 Å². The van der Waals surface area contributed by atoms with Crippen LogP contribution in [0.25, 0.3) is 0 Å². The Labute approximate surface area is 91.1 Å². The van der Waals surface area contributed by atoms with Crippen molar-refractivity contribution >= 4 is 0 Å². The molecule has 0 bridgehead atoms. The molecule has 1 aliphatic rings. The minimum atomic E-state index is -0.0234. The van der Waals surface area contributed by atoms with Gasteiger partial charge in [0, 0.05) is 17.7 Å². The number of nitrogens with zero attached hydrogens (tertiary/aromatic N) is 2. The van der Waals surface area contributed by atoms with Gasteiger partial charge < -0.3 is 5.73 Å². The predicted octanol–water partition coefficient (Wildman–Crippen LogP) is 1.59. The Bertz CT molecular complexity index is 358. The van der Waals surface area contributed by atoms with Crippen LogP contribution in [0.5, 0.6) is 0 Å². The van der Waals surface area contributed by atoms with E-state index in [1.54, 1.807) is 6.33 Å². The Morgan fingerprint density at radius 2 is 2.00 bits per heavy atom. The molecule has 0 atom stereocenters. The van der Waals surface area contributed by atoms with Crippen LogP contribution in [-0.2, 0) is 18.3 Å². The second kappa shape index (κ2) is 3.89. The Morgan fingerprint density at radius 3 is 2.73 bits per heavy atom. The molecule has 0 aliphatic heterocycles. The molecule has 0 unspecified atom stereocenters. The number of fused-ring (bicyclic) bond motifs is 1. The number of hydrogen-bond acceptors (Lipinski definition) is 3. The Balaban J connectivity index is 2.48. The van der Waals surface area contributed by atoms with Gasteiger partial charge in [0.15, 0.2) is 0 Å². The summed E-state index contributed by atoms with van der Waals surface area (Å²) in [7, 11) is 0. The third-order valence-electron chi connectivity index (χ3n) is 3.28. The van der Waals surface area contributed by atoms with E-state index in [4.69, 9.17) is 5.73 Å². The molecule has 1 aliphatic carbocycles. The van der Waals surface area contributed by atoms with Gasteiger partial charge in [-0.1, -0.05) is 13.8 Å². The fourth-order valence-corrected chi connectivity index (χ4v) is 2.20. The predicted molar refractivity (Wildman–Crippen MR) is 60.8 cm³/mol. The van der Waals surface area contributed by atoms with Gasteiger partial charge in [-0.2, -0.15) is 0 Å². The number of hydrogen-bond donors (Lipinski definition) is 1. The quantitative estimate of drug-likeness (QED) is 0.797. The highest BCUT2D eigenvalue weighted by molar-refractivity contribution is 5.32. The van der Waals surface area contributed by atoms with E-state index in [0.717, 1.165) is 18.5 Å². The van der Waals surface area contributed by atoms with Crippen molar-refractivity contribution in [3.8, 4) is 0 Å². The van der Waals surface area contributed by atoms with Gasteiger partial charge >= 0.3 is 0 Å². The topological polar surface area (TPSA) is 51.8 Å². The summed E-state index contributed by atoms with van der Waals surface area (Å²) in [5.41, 5.74) is 9.55. The monoisotopic (exact) mass is 205 g/mol. The first-order chi connectivity index (χ1) is 7.15. The van der Waals surface area contributed by atoms with Crippen LogP contribution in [-0.4, -0.2) is 16.5 Å². The first kappa shape index (κ1) is 10.6. The van der Waals surface area contributed by atoms with Gasteiger partial charge in [0.1, 0.15) is 6.33 Å². The molecule has 3 heteroatoms. The lowest BCUT2D eigenvalue weighted by Crippen LogP contribution is -2.31. The second-order valence-corrected chi connectivity index (χ2v) is 4.94. The highest BCUT2D eigenvalue weighted by atomic mass is 14.9. The number of rotatable bonds is 2. The fraction of sp³-hybridized carbons (Fsp3) is 0.667. The maximum atomic E-state index is 5.81. The molecular formula is C12H19N3. The van der Waals surface area contributed by atoms with E-state index < -0.39 is 0 Å². The van der Waals surface area contributed by atoms with E-state index in [0.29, 0.717) is 6.54 Å². The zero-order valence-electron chi connectivity index (χ0n) is 9.58. The fourth-order valence-electron chi connectivity index (χ4n) is 2.20. The summed E-state index contributed by atoms with van der Waals surface area (Å²) in [6, 6.07) is 0. The molecule has 0 amide bonds. The van der Waals surface area contributed by atoms with E-state index in [1.807, 2.05) is 0 Å². The van der Waals surface area contributed by atoms with Gasteiger partial charge in [0.05, 0.1) is 5.69 Å². The Morgan fingerprint density at radius 1 is 1.27 bits per heavy atom. The van der Waals surface area contributed by atoms with Crippen LogP contribution < -0.4 is 5.73 Å². The lowest BCUT2D eigenvalue weighted by Gasteiger charge is -2.27. The van der Waals surface area contributed by atoms with Crippen LogP contribution >= 0.6 is 0 Å². The van der Waals surface area contributed by atoms with E-state index in [9.17, 15) is 0 Å². The number of aromatic nitrogens is 2. The molecular weight excluding hydrogens is 186 g/mol. The molecule has 2 rings (SSSR count). The molecule has 0 fully saturated rings. The minimum absolute atomic E-state index is 0.0234. The smallest absolute Gasteiger partial charge is 0.115 e. The molecule has 0 saturated heterocycles. The van der Waals surface area contributed by atoms with Gasteiger partial charge in [0.25, 0.3) is 0 Å². The van der Waals surface area contributed by atoms with Gasteiger partial charge in [-0.25, -0.2) is 9.97 Å². The molecule has 1 heterocycles. The van der Waals surface area contributed by atoms with E-state index >= 15 is 0 Å². The van der Waals surface area contributed by atoms with Crippen LogP contribution in [0.4, 0.5) is 0 Å². The second-order valence-electron chi connectivity index (χ2n) is 4.94. The highest BCUT2D eigenvalue weighted by Crippen LogP contribution is 2.29. The van der Waals surface area contributed by atoms with Crippen molar-refractivity contribution in [1.29, 1.82) is 0 Å². The summed E-state index contributed by atoms with van der Waals surface area (Å²) in [5.74, 6) is 0. The standard InChI is InChI=1S/C12H19N3/c1-12(2,7-13)11-9-5-3-4-6-10(9)14-8-15-11/h8H,3-7,13H2,1-2H3. The normalized spacial score (nSPS) is 16.2. The minimum Gasteiger partial charge on any atom is -0.330 e. The van der Waals surface area contributed by atoms with Gasteiger partial charge in [-0.05, 0) is 31.2 Å². The molecule has 1 aromatic heterocycles. The largest absolute Gasteiger partial charge is 0.330 e. The average Bonchev–Trinajstić information content (AvgIpc) is 2.28. The van der Waals surface area contributed by atoms with Gasteiger partial charge in [0.2, 0.25) is 0 Å². The molecule has 82 valence electrons. The van der Waals surface area contributed by atoms with Gasteiger partial charge in [-0.3, -0.25) is 0 Å².